The van der Waals surface area contributed by atoms with Crippen molar-refractivity contribution in [2.45, 2.75) is 49.2 Å². The summed E-state index contributed by atoms with van der Waals surface area (Å²) in [7, 11) is 0. The number of imidazole rings is 2. The molecule has 0 bridgehead atoms. The van der Waals surface area contributed by atoms with Crippen molar-refractivity contribution in [3.63, 3.8) is 0 Å². The van der Waals surface area contributed by atoms with E-state index >= 15 is 8.78 Å². The highest BCUT2D eigenvalue weighted by atomic mass is 32.5. The molecule has 0 amide bonds. The highest BCUT2D eigenvalue weighted by Crippen LogP contribution is 2.54. The first kappa shape index (κ1) is 30.2. The number of halogens is 2. The number of H-pyrrole nitrogens is 1. The molecule has 5 N–H and O–H groups in total. The average Bonchev–Trinajstić information content (AvgIpc) is 3.73. The number of hydrogen-bond donors (Lipinski definition) is 4. The minimum atomic E-state index is -4.26. The second-order valence-electron chi connectivity index (χ2n) is 9.83. The van der Waals surface area contributed by atoms with E-state index in [1.165, 1.54) is 10.9 Å². The maximum absolute atomic E-state index is 16.0. The summed E-state index contributed by atoms with van der Waals surface area (Å²) in [6, 6.07) is 0. The molecule has 0 radical (unpaired) electrons. The number of anilines is 1. The number of aromatic nitrogens is 8. The number of nitrogen functional groups attached to an aromatic ring is 1. The van der Waals surface area contributed by atoms with Gasteiger partial charge in [0.15, 0.2) is 47.4 Å². The van der Waals surface area contributed by atoms with Gasteiger partial charge in [-0.25, -0.2) is 33.7 Å². The summed E-state index contributed by atoms with van der Waals surface area (Å²) in [5.74, 6) is 0.0536. The largest absolute Gasteiger partial charge is 0.382 e. The van der Waals surface area contributed by atoms with Gasteiger partial charge in [-0.2, -0.15) is 0 Å². The second kappa shape index (κ2) is 11.1. The third kappa shape index (κ3) is 5.27. The highest BCUT2D eigenvalue weighted by molar-refractivity contribution is 8.07. The summed E-state index contributed by atoms with van der Waals surface area (Å²) in [6.45, 7) is -9.77. The molecular weight excluding hydrogens is 674 g/mol. The van der Waals surface area contributed by atoms with Gasteiger partial charge < -0.3 is 39.0 Å². The van der Waals surface area contributed by atoms with E-state index in [4.69, 9.17) is 56.9 Å². The van der Waals surface area contributed by atoms with E-state index in [0.29, 0.717) is 0 Å². The number of alkyl halides is 2. The highest BCUT2D eigenvalue weighted by Gasteiger charge is 2.53. The molecule has 0 aliphatic carbocycles. The van der Waals surface area contributed by atoms with E-state index in [-0.39, 0.29) is 28.1 Å². The molecule has 3 saturated heterocycles. The van der Waals surface area contributed by atoms with E-state index in [1.54, 1.807) is 0 Å². The van der Waals surface area contributed by atoms with Crippen molar-refractivity contribution in [1.29, 1.82) is 0 Å². The first-order chi connectivity index (χ1) is 20.9. The summed E-state index contributed by atoms with van der Waals surface area (Å²) >= 11 is 10.3. The van der Waals surface area contributed by atoms with Crippen LogP contribution in [0.1, 0.15) is 12.5 Å². The Morgan fingerprint density at radius 1 is 0.864 bits per heavy atom. The fraction of sp³-hybridized carbons (Fsp3) is 0.500. The molecule has 0 spiro atoms. The zero-order valence-corrected chi connectivity index (χ0v) is 25.2. The first-order valence-electron chi connectivity index (χ1n) is 12.7. The van der Waals surface area contributed by atoms with Gasteiger partial charge >= 0.3 is 13.4 Å². The molecule has 0 saturated carbocycles. The van der Waals surface area contributed by atoms with Gasteiger partial charge in [0.05, 0.1) is 32.2 Å². The van der Waals surface area contributed by atoms with Crippen molar-refractivity contribution >= 4 is 65.2 Å². The van der Waals surface area contributed by atoms with E-state index in [9.17, 15) is 14.6 Å². The second-order valence-corrected chi connectivity index (χ2v) is 15.4. The Balaban J connectivity index is 1.17. The lowest BCUT2D eigenvalue weighted by atomic mass is 10.1. The molecule has 3 aliphatic heterocycles. The Morgan fingerprint density at radius 3 is 1.95 bits per heavy atom. The molecule has 10 atom stereocenters. The van der Waals surface area contributed by atoms with Crippen molar-refractivity contribution in [2.75, 3.05) is 18.9 Å². The van der Waals surface area contributed by atoms with Gasteiger partial charge in [-0.1, -0.05) is 0 Å². The van der Waals surface area contributed by atoms with Gasteiger partial charge in [0.25, 0.3) is 5.56 Å². The topological polar surface area (TPSA) is 229 Å². The first-order valence-corrected chi connectivity index (χ1v) is 17.8. The van der Waals surface area contributed by atoms with Crippen LogP contribution < -0.4 is 11.3 Å². The fourth-order valence-electron chi connectivity index (χ4n) is 5.17. The molecule has 3 aliphatic rings. The van der Waals surface area contributed by atoms with Crippen LogP contribution in [0.15, 0.2) is 30.1 Å². The third-order valence-corrected chi connectivity index (χ3v) is 10.3. The molecule has 236 valence electrons. The molecule has 0 aromatic carbocycles. The molecular formula is C20H21F2N9O9P2S2. The van der Waals surface area contributed by atoms with Gasteiger partial charge in [-0.05, 0) is 23.6 Å². The minimum absolute atomic E-state index is 0.00302. The lowest BCUT2D eigenvalue weighted by Crippen LogP contribution is -2.37. The van der Waals surface area contributed by atoms with Crippen LogP contribution in [0.3, 0.4) is 0 Å². The summed E-state index contributed by atoms with van der Waals surface area (Å²) in [6.07, 6.45) is -8.19. The van der Waals surface area contributed by atoms with Crippen LogP contribution in [-0.4, -0.2) is 98.8 Å². The van der Waals surface area contributed by atoms with Crippen LogP contribution >= 0.6 is 13.4 Å². The van der Waals surface area contributed by atoms with E-state index in [1.807, 2.05) is 0 Å². The number of aromatic amines is 1. The van der Waals surface area contributed by atoms with Crippen LogP contribution in [0.2, 0.25) is 0 Å². The smallest absolute Gasteiger partial charge is 0.325 e. The fourth-order valence-corrected chi connectivity index (χ4v) is 8.04. The molecule has 24 heteroatoms. The normalized spacial score (nSPS) is 38.3. The van der Waals surface area contributed by atoms with E-state index < -0.39 is 81.4 Å². The summed E-state index contributed by atoms with van der Waals surface area (Å²) < 4.78 is 67.9. The quantitative estimate of drug-likeness (QED) is 0.206. The van der Waals surface area contributed by atoms with Crippen molar-refractivity contribution in [3.05, 3.63) is 35.7 Å². The van der Waals surface area contributed by atoms with Crippen molar-refractivity contribution in [3.8, 4) is 0 Å². The number of nitrogens with zero attached hydrogens (tertiary/aromatic N) is 7. The molecule has 3 fully saturated rings. The van der Waals surface area contributed by atoms with Crippen molar-refractivity contribution in [1.82, 2.24) is 39.0 Å². The Bertz CT molecular complexity index is 1900. The SMILES string of the molecule is Nc1ncnc2c1ncn2C1OC2COP(O)(=S)OC3C(COP(O)(=S)OC2C1F)OC(n1cnc2c(=O)[nH]cnc21)C3F. The predicted molar refractivity (Wildman–Crippen MR) is 150 cm³/mol. The minimum Gasteiger partial charge on any atom is -0.382 e. The summed E-state index contributed by atoms with van der Waals surface area (Å²) in [5, 5.41) is 0. The molecule has 4 aromatic rings. The molecule has 10 unspecified atom stereocenters. The monoisotopic (exact) mass is 695 g/mol. The summed E-state index contributed by atoms with van der Waals surface area (Å²) in [4.78, 5) is 56.3. The molecule has 7 heterocycles. The van der Waals surface area contributed by atoms with E-state index in [0.717, 1.165) is 23.5 Å². The van der Waals surface area contributed by atoms with Gasteiger partial charge in [0.1, 0.15) is 36.3 Å². The van der Waals surface area contributed by atoms with Crippen LogP contribution in [0.4, 0.5) is 14.6 Å². The van der Waals surface area contributed by atoms with Gasteiger partial charge in [0.2, 0.25) is 0 Å². The maximum Gasteiger partial charge on any atom is 0.325 e. The molecule has 18 nitrogen and oxygen atoms in total. The van der Waals surface area contributed by atoms with Crippen LogP contribution in [0.5, 0.6) is 0 Å². The Kier molecular flexibility index (Phi) is 7.63. The number of nitrogens with two attached hydrogens (primary N) is 1. The lowest BCUT2D eigenvalue weighted by molar-refractivity contribution is -0.0583. The number of ether oxygens (including phenoxy) is 2. The molecule has 44 heavy (non-hydrogen) atoms. The number of hydrogen-bond acceptors (Lipinski definition) is 15. The Morgan fingerprint density at radius 2 is 1.39 bits per heavy atom. The van der Waals surface area contributed by atoms with Crippen LogP contribution in [0, 0.1) is 0 Å². The number of fused-ring (bicyclic) bond motifs is 4. The number of rotatable bonds is 2. The van der Waals surface area contributed by atoms with Crippen molar-refractivity contribution < 1.29 is 46.1 Å². The Labute approximate surface area is 254 Å². The third-order valence-electron chi connectivity index (χ3n) is 7.15. The van der Waals surface area contributed by atoms with Gasteiger partial charge in [-0.3, -0.25) is 23.0 Å². The zero-order valence-electron chi connectivity index (χ0n) is 21.8. The summed E-state index contributed by atoms with van der Waals surface area (Å²) in [5.41, 5.74) is 5.54. The van der Waals surface area contributed by atoms with Crippen LogP contribution in [-0.2, 0) is 51.2 Å². The Hall–Kier alpha value is -2.46. The van der Waals surface area contributed by atoms with Crippen LogP contribution in [0.25, 0.3) is 22.3 Å². The average molecular weight is 696 g/mol. The van der Waals surface area contributed by atoms with Crippen molar-refractivity contribution in [2.24, 2.45) is 0 Å². The zero-order chi connectivity index (χ0) is 31.0. The van der Waals surface area contributed by atoms with E-state index in [2.05, 4.69) is 29.9 Å². The lowest BCUT2D eigenvalue weighted by Gasteiger charge is -2.29. The maximum atomic E-state index is 16.0. The van der Waals surface area contributed by atoms with Gasteiger partial charge in [-0.15, -0.1) is 0 Å². The van der Waals surface area contributed by atoms with Gasteiger partial charge in [0, 0.05) is 0 Å². The standard InChI is InChI=1S/C20H21F2N9O9P2S2/c21-9-13-7(37-19(9)30-5-28-11-15(23)24-3-25-16(11)30)1-35-42(34,44)40-14-8(2-36-41(33,43)39-13)38-20(10(14)22)31-6-29-12-17(31)26-4-27-18(12)32/h3-10,13-14,19-20H,1-2H2,(H,33,43)(H,34,44)(H2,23,24,25)(H,26,27,32). The number of nitrogens with one attached hydrogen (secondary N) is 1. The molecule has 7 rings (SSSR count). The molecule has 4 aromatic heterocycles. The predicted octanol–water partition coefficient (Wildman–Crippen LogP) is 0.263.